The summed E-state index contributed by atoms with van der Waals surface area (Å²) in [6, 6.07) is -18.1. The summed E-state index contributed by atoms with van der Waals surface area (Å²) >= 11 is 0. The molecule has 0 bridgehead atoms. The second-order valence-corrected chi connectivity index (χ2v) is 27.8. The van der Waals surface area contributed by atoms with Crippen LogP contribution in [-0.4, -0.2) is 209 Å². The summed E-state index contributed by atoms with van der Waals surface area (Å²) in [5.74, 6) is -18.6. The predicted molar refractivity (Wildman–Crippen MR) is 385 cm³/mol. The molecule has 15 amide bonds. The number of carboxylic acid groups (broad SMARTS) is 2. The van der Waals surface area contributed by atoms with Gasteiger partial charge in [-0.15, -0.1) is 0 Å². The molecule has 598 valence electrons. The maximum absolute atomic E-state index is 14.8. The van der Waals surface area contributed by atoms with E-state index in [4.69, 9.17) is 28.7 Å². The SMILES string of the molecule is CC[C@H](C)[C@H](NC(=O)[C@@H](NC(=O)[C@H](CC(=O)O)NC(=O)[C@H](CC1CCCCC1)NC(=O)[C@H](CC(C)C)NC(=O)[C@H](CCCCN)NC(=O)[C@H](CCCN=C(N)N)NC(=O)[C@H](CC(N)=O)NC(=O)[C@@H]1CCCCNC(=O)CC[C@H](NC(C)=O)C(=O)N[C@H](C)C(=O)N[C@@H](CCC(=O)O)C(=O)N1)[C@@H](C)CC)C(N)=O. The van der Waals surface area contributed by atoms with Crippen molar-refractivity contribution in [2.75, 3.05) is 19.6 Å². The number of carbonyl (C=O) groups excluding carboxylic acids is 15. The molecule has 106 heavy (non-hydrogen) atoms. The van der Waals surface area contributed by atoms with E-state index in [0.717, 1.165) is 26.2 Å². The van der Waals surface area contributed by atoms with E-state index in [1.165, 1.54) is 6.92 Å². The summed E-state index contributed by atoms with van der Waals surface area (Å²) in [4.78, 5) is 235. The van der Waals surface area contributed by atoms with Gasteiger partial charge in [0.25, 0.3) is 0 Å². The number of guanidine groups is 1. The number of aliphatic carboxylic acids is 2. The van der Waals surface area contributed by atoms with Crippen molar-refractivity contribution in [2.45, 2.75) is 276 Å². The zero-order chi connectivity index (χ0) is 79.9. The van der Waals surface area contributed by atoms with E-state index < -0.39 is 211 Å². The maximum atomic E-state index is 14.8. The fourth-order valence-corrected chi connectivity index (χ4v) is 11.9. The molecular formula is C68H117N19O19. The number of nitrogens with two attached hydrogens (primary N) is 5. The summed E-state index contributed by atoms with van der Waals surface area (Å²) in [5.41, 5.74) is 28.3. The molecule has 1 saturated carbocycles. The third kappa shape index (κ3) is 35.3. The predicted octanol–water partition coefficient (Wildman–Crippen LogP) is -4.08. The number of primary amides is 2. The van der Waals surface area contributed by atoms with Crippen LogP contribution >= 0.6 is 0 Å². The van der Waals surface area contributed by atoms with E-state index in [1.807, 2.05) is 0 Å². The zero-order valence-electron chi connectivity index (χ0n) is 62.3. The van der Waals surface area contributed by atoms with E-state index in [1.54, 1.807) is 41.5 Å². The Kier molecular flexibility index (Phi) is 42.1. The molecule has 0 aromatic carbocycles. The van der Waals surface area contributed by atoms with E-state index in [9.17, 15) is 91.7 Å². The van der Waals surface area contributed by atoms with Gasteiger partial charge in [-0.2, -0.15) is 0 Å². The van der Waals surface area contributed by atoms with Crippen LogP contribution in [0.2, 0.25) is 0 Å². The Morgan fingerprint density at radius 3 is 1.64 bits per heavy atom. The number of carbonyl (C=O) groups is 17. The molecule has 2 fully saturated rings. The van der Waals surface area contributed by atoms with Gasteiger partial charge < -0.3 is 108 Å². The van der Waals surface area contributed by atoms with Crippen molar-refractivity contribution in [2.24, 2.45) is 57.3 Å². The lowest BCUT2D eigenvalue weighted by Crippen LogP contribution is -2.61. The molecular weight excluding hydrogens is 1390 g/mol. The van der Waals surface area contributed by atoms with Crippen LogP contribution in [0.4, 0.5) is 0 Å². The summed E-state index contributed by atoms with van der Waals surface area (Å²) in [6.45, 7) is 12.8. The summed E-state index contributed by atoms with van der Waals surface area (Å²) in [5, 5.41) is 52.6. The molecule has 0 radical (unpaired) electrons. The Labute approximate surface area is 617 Å². The van der Waals surface area contributed by atoms with Crippen LogP contribution in [0.5, 0.6) is 0 Å². The van der Waals surface area contributed by atoms with Gasteiger partial charge in [0.1, 0.15) is 72.5 Å². The monoisotopic (exact) mass is 1500 g/mol. The number of amides is 15. The number of hydrogen-bond acceptors (Lipinski definition) is 19. The van der Waals surface area contributed by atoms with Crippen LogP contribution in [0.25, 0.3) is 0 Å². The van der Waals surface area contributed by atoms with Crippen molar-refractivity contribution in [3.63, 3.8) is 0 Å². The van der Waals surface area contributed by atoms with Crippen molar-refractivity contribution in [3.05, 3.63) is 0 Å². The number of rotatable bonds is 41. The van der Waals surface area contributed by atoms with Crippen LogP contribution < -0.4 is 97.8 Å². The average Bonchev–Trinajstić information content (AvgIpc) is 0.856. The summed E-state index contributed by atoms with van der Waals surface area (Å²) < 4.78 is 0. The van der Waals surface area contributed by atoms with Crippen molar-refractivity contribution in [1.82, 2.24) is 69.1 Å². The largest absolute Gasteiger partial charge is 0.481 e. The molecule has 0 spiro atoms. The molecule has 1 aliphatic heterocycles. The van der Waals surface area contributed by atoms with Crippen molar-refractivity contribution in [1.29, 1.82) is 0 Å². The maximum Gasteiger partial charge on any atom is 0.305 e. The minimum atomic E-state index is -1.91. The Morgan fingerprint density at radius 2 is 1.08 bits per heavy atom. The highest BCUT2D eigenvalue weighted by molar-refractivity contribution is 6.01. The van der Waals surface area contributed by atoms with Gasteiger partial charge in [0.15, 0.2) is 5.96 Å². The Hall–Kier alpha value is -9.78. The number of hydrogen-bond donors (Lipinski definition) is 20. The molecule has 1 aliphatic carbocycles. The van der Waals surface area contributed by atoms with Gasteiger partial charge in [-0.1, -0.05) is 86.5 Å². The van der Waals surface area contributed by atoms with Gasteiger partial charge in [-0.25, -0.2) is 0 Å². The van der Waals surface area contributed by atoms with Crippen LogP contribution in [0.3, 0.4) is 0 Å². The smallest absolute Gasteiger partial charge is 0.305 e. The molecule has 14 atom stereocenters. The van der Waals surface area contributed by atoms with Gasteiger partial charge in [0.05, 0.1) is 12.8 Å². The van der Waals surface area contributed by atoms with Gasteiger partial charge in [-0.05, 0) is 114 Å². The molecule has 0 aromatic rings. The van der Waals surface area contributed by atoms with E-state index in [-0.39, 0.29) is 108 Å². The first kappa shape index (κ1) is 92.3. The lowest BCUT2D eigenvalue weighted by Gasteiger charge is -2.31. The lowest BCUT2D eigenvalue weighted by molar-refractivity contribution is -0.142. The quantitative estimate of drug-likeness (QED) is 0.0157. The molecule has 1 heterocycles. The molecule has 0 aromatic heterocycles. The van der Waals surface area contributed by atoms with Gasteiger partial charge >= 0.3 is 11.9 Å². The molecule has 25 N–H and O–H groups in total. The van der Waals surface area contributed by atoms with Gasteiger partial charge in [-0.3, -0.25) is 86.5 Å². The number of carboxylic acids is 2. The topological polar surface area (TPSA) is 629 Å². The minimum absolute atomic E-state index is 0.00778. The second-order valence-electron chi connectivity index (χ2n) is 27.8. The van der Waals surface area contributed by atoms with Crippen molar-refractivity contribution in [3.8, 4) is 0 Å². The Morgan fingerprint density at radius 1 is 0.557 bits per heavy atom. The number of nitrogens with zero attached hydrogens (tertiary/aromatic N) is 1. The molecule has 2 aliphatic rings. The minimum Gasteiger partial charge on any atom is -0.481 e. The third-order valence-corrected chi connectivity index (χ3v) is 18.3. The lowest BCUT2D eigenvalue weighted by atomic mass is 9.84. The molecule has 38 heteroatoms. The number of aliphatic imine (C=N–C) groups is 1. The highest BCUT2D eigenvalue weighted by Crippen LogP contribution is 2.28. The van der Waals surface area contributed by atoms with E-state index >= 15 is 0 Å². The fourth-order valence-electron chi connectivity index (χ4n) is 11.9. The standard InChI is InChI=1S/C68H117N19O19/c1-9-36(5)54(56(71)95)86-67(106)55(37(6)10-2)87-66(105)49(34-53(93)94)85-64(103)47(32-40-19-12-11-13-20-40)83-63(102)46(31-35(3)4)82-60(99)41(21-14-16-28-69)79-59(98)43(23-18-30-75-68(72)73)81-65(104)48(33-50(70)89)84-61(100)42-22-15-17-29-74-51(90)26-24-44(77-39(8)88)58(97)76-38(7)57(96)78-45(62(101)80-42)25-27-52(91)92/h35-38,40-49,54-55H,9-34,69H2,1-8H3,(H2,70,89)(H2,71,95)(H,74,90)(H,76,97)(H,77,88)(H,78,96)(H,79,98)(H,80,101)(H,81,104)(H,82,99)(H,83,102)(H,84,100)(H,85,103)(H,86,106)(H,87,105)(H,91,92)(H,93,94)(H4,72,73,75)/t36-,37-,38+,41-,42-,43-,44-,45-,46-,47-,48-,49-,54-,55-/m0/s1. The molecule has 2 rings (SSSR count). The number of nitrogens with one attached hydrogen (secondary N) is 13. The van der Waals surface area contributed by atoms with Crippen LogP contribution in [0, 0.1) is 23.7 Å². The average molecular weight is 1500 g/mol. The first-order valence-electron chi connectivity index (χ1n) is 36.6. The highest BCUT2D eigenvalue weighted by atomic mass is 16.4. The first-order chi connectivity index (χ1) is 49.9. The first-order valence-corrected chi connectivity index (χ1v) is 36.6. The summed E-state index contributed by atoms with van der Waals surface area (Å²) in [7, 11) is 0. The summed E-state index contributed by atoms with van der Waals surface area (Å²) in [6.07, 6.45) is 1.15. The van der Waals surface area contributed by atoms with Crippen LogP contribution in [-0.2, 0) is 81.5 Å². The normalized spacial score (nSPS) is 19.9. The van der Waals surface area contributed by atoms with Gasteiger partial charge in [0.2, 0.25) is 88.6 Å². The van der Waals surface area contributed by atoms with Crippen LogP contribution in [0.1, 0.15) is 203 Å². The zero-order valence-corrected chi connectivity index (χ0v) is 62.3. The molecule has 38 nitrogen and oxygen atoms in total. The highest BCUT2D eigenvalue weighted by Gasteiger charge is 2.39. The van der Waals surface area contributed by atoms with Crippen LogP contribution in [0.15, 0.2) is 4.99 Å². The number of unbranched alkanes of at least 4 members (excludes halogenated alkanes) is 1. The fraction of sp³-hybridized carbons (Fsp3) is 0.735. The van der Waals surface area contributed by atoms with E-state index in [2.05, 4.69) is 74.1 Å². The Bertz CT molecular complexity index is 3050. The third-order valence-electron chi connectivity index (χ3n) is 18.3. The van der Waals surface area contributed by atoms with Gasteiger partial charge in [0, 0.05) is 32.9 Å². The van der Waals surface area contributed by atoms with Crippen molar-refractivity contribution < 1.29 is 91.7 Å². The molecule has 1 saturated heterocycles. The Balaban J connectivity index is 2.63. The van der Waals surface area contributed by atoms with E-state index in [0.29, 0.717) is 32.1 Å². The second kappa shape index (κ2) is 48.4. The molecule has 0 unspecified atom stereocenters. The van der Waals surface area contributed by atoms with Crippen molar-refractivity contribution >= 4 is 107 Å².